The molecule has 330 valence electrons. The molecule has 1 fully saturated rings. The van der Waals surface area contributed by atoms with Crippen molar-refractivity contribution in [2.24, 2.45) is 29.4 Å². The minimum atomic E-state index is -1.05. The number of aromatic hydroxyl groups is 4. The summed E-state index contributed by atoms with van der Waals surface area (Å²) >= 11 is 0. The first kappa shape index (κ1) is 42.6. The van der Waals surface area contributed by atoms with Gasteiger partial charge >= 0.3 is 0 Å². The molecule has 0 unspecified atom stereocenters. The Kier molecular flexibility index (Phi) is 11.8. The van der Waals surface area contributed by atoms with Crippen LogP contribution >= 0.6 is 0 Å². The van der Waals surface area contributed by atoms with Gasteiger partial charge in [-0.15, -0.1) is 0 Å². The van der Waals surface area contributed by atoms with Crippen LogP contribution in [-0.4, -0.2) is 49.1 Å². The fourth-order valence-electron chi connectivity index (χ4n) is 12.3. The van der Waals surface area contributed by atoms with E-state index in [2.05, 4.69) is 67.5 Å². The number of aliphatic hydroxyl groups excluding tert-OH is 1. The smallest absolute Gasteiger partial charge is 0.200 e. The lowest BCUT2D eigenvalue weighted by molar-refractivity contribution is -0.121. The molecule has 0 saturated heterocycles. The summed E-state index contributed by atoms with van der Waals surface area (Å²) in [5.74, 6) is -0.133. The van der Waals surface area contributed by atoms with Gasteiger partial charge in [0.15, 0.2) is 23.0 Å². The van der Waals surface area contributed by atoms with Crippen LogP contribution in [0.3, 0.4) is 0 Å². The summed E-state index contributed by atoms with van der Waals surface area (Å²) in [6.07, 6.45) is 11.9. The molecule has 10 heteroatoms. The summed E-state index contributed by atoms with van der Waals surface area (Å²) in [4.78, 5) is 17.6. The third-order valence-corrected chi connectivity index (χ3v) is 14.9. The Labute approximate surface area is 369 Å². The van der Waals surface area contributed by atoms with Gasteiger partial charge in [-0.25, -0.2) is 0 Å². The average Bonchev–Trinajstić information content (AvgIpc) is 3.61. The highest BCUT2D eigenvalue weighted by atomic mass is 16.5. The van der Waals surface area contributed by atoms with Crippen LogP contribution in [0.15, 0.2) is 97.2 Å². The SMILES string of the molecule is CC(C)CC[C@@H]1CCC[C@]2([C@H]3C[C@@H]4C=C[C@@H]([C@@H](O)CC(=O)CCc5ccc(O)c(OCN)c5)[C@H]3c3cc(O)c(O)c(OCc5cccc(O)c5)c34)c3ccccc3-c3[nH]ccc3[C@@H]12. The normalized spacial score (nSPS) is 24.8. The Morgan fingerprint density at radius 1 is 0.921 bits per heavy atom. The molecular formula is C53H60N2O8. The maximum Gasteiger partial charge on any atom is 0.200 e. The number of hydrogen-bond acceptors (Lipinski definition) is 9. The molecule has 10 nitrogen and oxygen atoms in total. The number of aromatic nitrogens is 1. The summed E-state index contributed by atoms with van der Waals surface area (Å²) in [7, 11) is 0. The number of aromatic amines is 1. The van der Waals surface area contributed by atoms with E-state index in [-0.39, 0.29) is 95.5 Å². The zero-order valence-electron chi connectivity index (χ0n) is 36.2. The number of phenols is 4. The third kappa shape index (κ3) is 7.75. The molecule has 0 amide bonds. The predicted octanol–water partition coefficient (Wildman–Crippen LogP) is 9.98. The molecule has 5 aromatic rings. The highest BCUT2D eigenvalue weighted by Gasteiger charge is 2.60. The highest BCUT2D eigenvalue weighted by molar-refractivity contribution is 5.79. The van der Waals surface area contributed by atoms with E-state index in [0.29, 0.717) is 30.2 Å². The number of aliphatic hydroxyl groups is 1. The molecule has 1 aromatic heterocycles. The summed E-state index contributed by atoms with van der Waals surface area (Å²) in [6.45, 7) is 4.56. The number of carbonyl (C=O) groups is 1. The van der Waals surface area contributed by atoms with E-state index >= 15 is 0 Å². The average molecular weight is 853 g/mol. The van der Waals surface area contributed by atoms with Crippen LogP contribution in [-0.2, 0) is 23.2 Å². The van der Waals surface area contributed by atoms with Crippen molar-refractivity contribution in [3.8, 4) is 45.8 Å². The number of carbonyl (C=O) groups excluding carboxylic acids is 1. The molecule has 10 rings (SSSR count). The van der Waals surface area contributed by atoms with Gasteiger partial charge in [-0.05, 0) is 126 Å². The Bertz CT molecular complexity index is 2510. The van der Waals surface area contributed by atoms with Gasteiger partial charge in [0.05, 0.1) is 6.10 Å². The Morgan fingerprint density at radius 2 is 1.76 bits per heavy atom. The summed E-state index contributed by atoms with van der Waals surface area (Å²) in [6, 6.07) is 24.6. The summed E-state index contributed by atoms with van der Waals surface area (Å²) in [5, 5.41) is 56.2. The second-order valence-electron chi connectivity index (χ2n) is 18.9. The van der Waals surface area contributed by atoms with Crippen LogP contribution in [0.1, 0.15) is 116 Å². The van der Waals surface area contributed by atoms with Crippen molar-refractivity contribution in [2.45, 2.75) is 108 Å². The largest absolute Gasteiger partial charge is 0.508 e. The van der Waals surface area contributed by atoms with Crippen LogP contribution in [0.25, 0.3) is 11.3 Å². The molecule has 0 spiro atoms. The van der Waals surface area contributed by atoms with Gasteiger partial charge in [-0.2, -0.15) is 0 Å². The van der Waals surface area contributed by atoms with E-state index in [9.17, 15) is 30.3 Å². The zero-order chi connectivity index (χ0) is 44.0. The summed E-state index contributed by atoms with van der Waals surface area (Å²) in [5.41, 5.74) is 13.4. The van der Waals surface area contributed by atoms with Gasteiger partial charge in [0.25, 0.3) is 0 Å². The number of nitrogens with two attached hydrogens (primary N) is 1. The molecule has 5 aliphatic rings. The van der Waals surface area contributed by atoms with E-state index in [1.54, 1.807) is 36.4 Å². The van der Waals surface area contributed by atoms with Crippen molar-refractivity contribution in [3.05, 3.63) is 131 Å². The standard InChI is InChI=1S/C53H60N2O8/c1-30(2)12-15-33-8-6-21-53(41-11-4-3-10-37(41)50-39(49(33)53)20-22-55-50)42-25-34-16-18-38(44(59)26-36(57)17-13-31-14-19-43(58)46(24-31)63-29-54)48(42)40-27-45(60)51(61)52(47(34)40)62-28-32-7-5-9-35(56)23-32/h3-5,7,9-11,14,16,18-20,22-24,27,30,33-34,38,42,44,48-49,55-56,58-61H,6,8,12-13,15,17,21,25-26,28-29,54H2,1-2H3/t33-,34-,38-,42-,44-,48-,49+,53+/m0/s1. The van der Waals surface area contributed by atoms with E-state index in [4.69, 9.17) is 15.2 Å². The van der Waals surface area contributed by atoms with Gasteiger partial charge in [0.1, 0.15) is 24.9 Å². The molecule has 0 aliphatic heterocycles. The third-order valence-electron chi connectivity index (χ3n) is 14.9. The zero-order valence-corrected chi connectivity index (χ0v) is 36.2. The maximum atomic E-state index is 13.9. The van der Waals surface area contributed by atoms with Gasteiger partial charge in [-0.1, -0.05) is 81.3 Å². The molecule has 4 aromatic carbocycles. The molecular weight excluding hydrogens is 793 g/mol. The number of rotatable bonds is 15. The lowest BCUT2D eigenvalue weighted by atomic mass is 9.44. The lowest BCUT2D eigenvalue weighted by Gasteiger charge is -2.59. The van der Waals surface area contributed by atoms with Crippen LogP contribution in [0.4, 0.5) is 0 Å². The molecule has 1 saturated carbocycles. The van der Waals surface area contributed by atoms with Gasteiger partial charge < -0.3 is 40.0 Å². The van der Waals surface area contributed by atoms with Crippen molar-refractivity contribution < 1.29 is 39.8 Å². The van der Waals surface area contributed by atoms with E-state index < -0.39 is 12.0 Å². The molecule has 0 radical (unpaired) electrons. The first-order valence-corrected chi connectivity index (χ1v) is 22.8. The molecule has 8 N–H and O–H groups in total. The van der Waals surface area contributed by atoms with Gasteiger partial charge in [-0.3, -0.25) is 10.5 Å². The first-order valence-electron chi connectivity index (χ1n) is 22.8. The molecule has 5 aliphatic carbocycles. The topological polar surface area (TPSA) is 178 Å². The van der Waals surface area contributed by atoms with E-state index in [0.717, 1.165) is 48.8 Å². The number of aryl methyl sites for hydroxylation is 1. The van der Waals surface area contributed by atoms with Gasteiger partial charge in [0, 0.05) is 53.1 Å². The number of phenolic OH excluding ortho intramolecular Hbond substituents is 4. The number of H-pyrrole nitrogens is 1. The molecule has 8 atom stereocenters. The van der Waals surface area contributed by atoms with E-state index in [1.165, 1.54) is 28.5 Å². The second kappa shape index (κ2) is 17.5. The molecule has 2 bridgehead atoms. The fourth-order valence-corrected chi connectivity index (χ4v) is 12.3. The van der Waals surface area contributed by atoms with Crippen molar-refractivity contribution in [1.29, 1.82) is 0 Å². The number of ketones is 1. The van der Waals surface area contributed by atoms with Crippen LogP contribution in [0.2, 0.25) is 0 Å². The minimum Gasteiger partial charge on any atom is -0.508 e. The van der Waals surface area contributed by atoms with Crippen LogP contribution in [0, 0.1) is 23.7 Å². The summed E-state index contributed by atoms with van der Waals surface area (Å²) < 4.78 is 11.8. The number of hydrogen-bond donors (Lipinski definition) is 7. The number of ether oxygens (including phenoxy) is 2. The van der Waals surface area contributed by atoms with Crippen molar-refractivity contribution in [1.82, 2.24) is 4.98 Å². The number of allylic oxidation sites excluding steroid dienone is 1. The van der Waals surface area contributed by atoms with Crippen molar-refractivity contribution in [2.75, 3.05) is 6.73 Å². The van der Waals surface area contributed by atoms with E-state index in [1.807, 2.05) is 6.07 Å². The maximum absolute atomic E-state index is 13.9. The predicted molar refractivity (Wildman–Crippen MR) is 242 cm³/mol. The monoisotopic (exact) mass is 852 g/mol. The number of Topliss-reactive ketones (excluding diaryl/α,β-unsaturated/α-hetero) is 1. The van der Waals surface area contributed by atoms with Crippen LogP contribution in [0.5, 0.6) is 34.5 Å². The Hall–Kier alpha value is -5.71. The van der Waals surface area contributed by atoms with Crippen LogP contribution < -0.4 is 15.2 Å². The molecule has 63 heavy (non-hydrogen) atoms. The highest BCUT2D eigenvalue weighted by Crippen LogP contribution is 2.69. The van der Waals surface area contributed by atoms with Crippen molar-refractivity contribution >= 4 is 5.78 Å². The first-order chi connectivity index (χ1) is 30.5. The molecule has 1 heterocycles. The number of benzene rings is 4. The fraction of sp³-hybridized carbons (Fsp3) is 0.415. The number of nitrogens with one attached hydrogen (secondary N) is 1. The lowest BCUT2D eigenvalue weighted by Crippen LogP contribution is -2.53. The number of fused-ring (bicyclic) bond motifs is 9. The Morgan fingerprint density at radius 3 is 2.57 bits per heavy atom. The second-order valence-corrected chi connectivity index (χ2v) is 18.9. The quantitative estimate of drug-likeness (QED) is 0.0307. The minimum absolute atomic E-state index is 0.0256. The van der Waals surface area contributed by atoms with Crippen molar-refractivity contribution in [3.63, 3.8) is 0 Å². The Balaban J connectivity index is 1.15. The van der Waals surface area contributed by atoms with Gasteiger partial charge in [0.2, 0.25) is 5.75 Å².